The van der Waals surface area contributed by atoms with Crippen molar-refractivity contribution >= 4 is 22.7 Å². The highest BCUT2D eigenvalue weighted by molar-refractivity contribution is 8.93. The topological polar surface area (TPSA) is 43.7 Å². The predicted octanol–water partition coefficient (Wildman–Crippen LogP) is 1.93. The van der Waals surface area contributed by atoms with Crippen LogP contribution in [0.15, 0.2) is 24.3 Å². The van der Waals surface area contributed by atoms with E-state index >= 15 is 0 Å². The van der Waals surface area contributed by atoms with Crippen molar-refractivity contribution in [3.8, 4) is 5.75 Å². The van der Waals surface area contributed by atoms with E-state index in [0.29, 0.717) is 6.54 Å². The summed E-state index contributed by atoms with van der Waals surface area (Å²) in [5, 5.41) is 18.6. The smallest absolute Gasteiger partial charge is 0.115 e. The summed E-state index contributed by atoms with van der Waals surface area (Å²) in [7, 11) is 0. The maximum atomic E-state index is 9.50. The molecule has 1 fully saturated rings. The summed E-state index contributed by atoms with van der Waals surface area (Å²) in [5.41, 5.74) is 1.07. The average Bonchev–Trinajstić information content (AvgIpc) is 2.19. The molecule has 3 nitrogen and oxygen atoms in total. The summed E-state index contributed by atoms with van der Waals surface area (Å²) in [4.78, 5) is 2.15. The zero-order valence-electron chi connectivity index (χ0n) is 8.47. The highest BCUT2D eigenvalue weighted by Gasteiger charge is 2.17. The lowest BCUT2D eigenvalue weighted by molar-refractivity contribution is 0.154. The molecule has 2 rings (SSSR count). The number of phenolic OH excluding ortho intramolecular Hbond substituents is 1. The Hall–Kier alpha value is -0.740. The number of piperidine rings is 1. The number of anilines is 1. The fraction of sp³-hybridized carbons (Fsp3) is 0.455. The highest BCUT2D eigenvalue weighted by Crippen LogP contribution is 2.22. The highest BCUT2D eigenvalue weighted by atomic mass is 79.9. The minimum atomic E-state index is -0.211. The Kier molecular flexibility index (Phi) is 4.42. The predicted molar refractivity (Wildman–Crippen MR) is 65.9 cm³/mol. The largest absolute Gasteiger partial charge is 0.508 e. The van der Waals surface area contributed by atoms with Crippen molar-refractivity contribution in [3.05, 3.63) is 24.3 Å². The first-order valence-corrected chi connectivity index (χ1v) is 4.98. The van der Waals surface area contributed by atoms with Gasteiger partial charge in [0.2, 0.25) is 0 Å². The monoisotopic (exact) mass is 273 g/mol. The van der Waals surface area contributed by atoms with Gasteiger partial charge in [0.1, 0.15) is 5.75 Å². The number of halogens is 1. The molecule has 0 amide bonds. The van der Waals surface area contributed by atoms with Crippen LogP contribution in [0.2, 0.25) is 0 Å². The van der Waals surface area contributed by atoms with Gasteiger partial charge in [0.15, 0.2) is 0 Å². The number of β-amino-alcohol motifs (C(OH)–C–C–N with tert-alkyl or cyclic N) is 1. The molecule has 0 saturated carbocycles. The zero-order chi connectivity index (χ0) is 9.97. The van der Waals surface area contributed by atoms with Crippen molar-refractivity contribution in [2.24, 2.45) is 0 Å². The van der Waals surface area contributed by atoms with Crippen LogP contribution in [0.1, 0.15) is 12.8 Å². The molecule has 1 unspecified atom stereocenters. The molecule has 1 saturated heterocycles. The number of aliphatic hydroxyl groups excluding tert-OH is 1. The quantitative estimate of drug-likeness (QED) is 0.822. The van der Waals surface area contributed by atoms with Crippen molar-refractivity contribution in [3.63, 3.8) is 0 Å². The zero-order valence-corrected chi connectivity index (χ0v) is 10.2. The van der Waals surface area contributed by atoms with Gasteiger partial charge in [-0.25, -0.2) is 0 Å². The van der Waals surface area contributed by atoms with Crippen molar-refractivity contribution in [1.82, 2.24) is 0 Å². The normalized spacial score (nSPS) is 20.9. The van der Waals surface area contributed by atoms with Crippen LogP contribution in [0.3, 0.4) is 0 Å². The fourth-order valence-electron chi connectivity index (χ4n) is 1.85. The van der Waals surface area contributed by atoms with Crippen LogP contribution in [0.4, 0.5) is 5.69 Å². The number of phenols is 1. The third-order valence-electron chi connectivity index (χ3n) is 2.61. The van der Waals surface area contributed by atoms with E-state index in [4.69, 9.17) is 5.11 Å². The van der Waals surface area contributed by atoms with Gasteiger partial charge in [0.05, 0.1) is 6.10 Å². The number of benzene rings is 1. The van der Waals surface area contributed by atoms with Crippen LogP contribution < -0.4 is 4.90 Å². The third-order valence-corrected chi connectivity index (χ3v) is 2.61. The van der Waals surface area contributed by atoms with E-state index in [-0.39, 0.29) is 28.8 Å². The first-order valence-electron chi connectivity index (χ1n) is 4.98. The van der Waals surface area contributed by atoms with Gasteiger partial charge in [-0.2, -0.15) is 0 Å². The Morgan fingerprint density at radius 3 is 2.47 bits per heavy atom. The van der Waals surface area contributed by atoms with Crippen LogP contribution in [0.5, 0.6) is 5.75 Å². The SMILES string of the molecule is Br.Oc1ccc(N2CCCC(O)C2)cc1. The molecule has 15 heavy (non-hydrogen) atoms. The van der Waals surface area contributed by atoms with Gasteiger partial charge in [-0.15, -0.1) is 17.0 Å². The maximum Gasteiger partial charge on any atom is 0.115 e. The van der Waals surface area contributed by atoms with Crippen LogP contribution in [-0.4, -0.2) is 29.4 Å². The standard InChI is InChI=1S/C11H15NO2.BrH/c13-10-5-3-9(4-6-10)12-7-1-2-11(14)8-12;/h3-6,11,13-14H,1-2,7-8H2;1H. The molecular weight excluding hydrogens is 258 g/mol. The second kappa shape index (κ2) is 5.37. The number of aromatic hydroxyl groups is 1. The van der Waals surface area contributed by atoms with Gasteiger partial charge < -0.3 is 15.1 Å². The number of aliphatic hydroxyl groups is 1. The van der Waals surface area contributed by atoms with Crippen molar-refractivity contribution in [1.29, 1.82) is 0 Å². The lowest BCUT2D eigenvalue weighted by Crippen LogP contribution is -2.38. The molecule has 1 aromatic rings. The van der Waals surface area contributed by atoms with Gasteiger partial charge in [0, 0.05) is 18.8 Å². The Bertz CT molecular complexity index is 302. The molecule has 0 bridgehead atoms. The van der Waals surface area contributed by atoms with Crippen molar-refractivity contribution < 1.29 is 10.2 Å². The summed E-state index contributed by atoms with van der Waals surface area (Å²) < 4.78 is 0. The lowest BCUT2D eigenvalue weighted by atomic mass is 10.1. The number of rotatable bonds is 1. The summed E-state index contributed by atoms with van der Waals surface area (Å²) in [5.74, 6) is 0.284. The van der Waals surface area contributed by atoms with Crippen molar-refractivity contribution in [2.45, 2.75) is 18.9 Å². The van der Waals surface area contributed by atoms with Crippen LogP contribution >= 0.6 is 17.0 Å². The van der Waals surface area contributed by atoms with Gasteiger partial charge >= 0.3 is 0 Å². The molecule has 1 aliphatic heterocycles. The summed E-state index contributed by atoms with van der Waals surface area (Å²) in [6.45, 7) is 1.69. The second-order valence-electron chi connectivity index (χ2n) is 3.76. The number of hydrogen-bond donors (Lipinski definition) is 2. The first-order chi connectivity index (χ1) is 6.75. The molecule has 1 heterocycles. The first kappa shape index (κ1) is 12.3. The Labute approximate surface area is 100 Å². The van der Waals surface area contributed by atoms with E-state index in [9.17, 15) is 5.11 Å². The molecule has 0 aliphatic carbocycles. The van der Waals surface area contributed by atoms with Crippen molar-refractivity contribution in [2.75, 3.05) is 18.0 Å². The van der Waals surface area contributed by atoms with E-state index in [2.05, 4.69) is 4.90 Å². The Morgan fingerprint density at radius 2 is 1.87 bits per heavy atom. The van der Waals surface area contributed by atoms with E-state index < -0.39 is 0 Å². The van der Waals surface area contributed by atoms with Gasteiger partial charge in [-0.3, -0.25) is 0 Å². The molecule has 1 aliphatic rings. The molecule has 4 heteroatoms. The number of hydrogen-bond acceptors (Lipinski definition) is 3. The van der Waals surface area contributed by atoms with Gasteiger partial charge in [0.25, 0.3) is 0 Å². The molecular formula is C11H16BrNO2. The summed E-state index contributed by atoms with van der Waals surface area (Å²) in [6.07, 6.45) is 1.72. The average molecular weight is 274 g/mol. The second-order valence-corrected chi connectivity index (χ2v) is 3.76. The minimum absolute atomic E-state index is 0. The number of nitrogens with zero attached hydrogens (tertiary/aromatic N) is 1. The van der Waals surface area contributed by atoms with E-state index in [1.807, 2.05) is 12.1 Å². The van der Waals surface area contributed by atoms with Crippen LogP contribution in [0, 0.1) is 0 Å². The van der Waals surface area contributed by atoms with Crippen LogP contribution in [0.25, 0.3) is 0 Å². The van der Waals surface area contributed by atoms with Gasteiger partial charge in [-0.05, 0) is 37.1 Å². The van der Waals surface area contributed by atoms with Gasteiger partial charge in [-0.1, -0.05) is 0 Å². The van der Waals surface area contributed by atoms with E-state index in [0.717, 1.165) is 25.1 Å². The Morgan fingerprint density at radius 1 is 1.20 bits per heavy atom. The molecule has 84 valence electrons. The lowest BCUT2D eigenvalue weighted by Gasteiger charge is -2.31. The molecule has 2 N–H and O–H groups in total. The molecule has 0 spiro atoms. The van der Waals surface area contributed by atoms with Crippen LogP contribution in [-0.2, 0) is 0 Å². The molecule has 1 atom stereocenters. The molecule has 1 aromatic carbocycles. The maximum absolute atomic E-state index is 9.50. The fourth-order valence-corrected chi connectivity index (χ4v) is 1.85. The summed E-state index contributed by atoms with van der Waals surface area (Å²) in [6, 6.07) is 7.12. The summed E-state index contributed by atoms with van der Waals surface area (Å²) >= 11 is 0. The van der Waals surface area contributed by atoms with E-state index in [1.165, 1.54) is 0 Å². The molecule has 0 radical (unpaired) electrons. The molecule has 0 aromatic heterocycles. The van der Waals surface area contributed by atoms with E-state index in [1.54, 1.807) is 12.1 Å². The minimum Gasteiger partial charge on any atom is -0.508 e. The Balaban J connectivity index is 0.00000112. The third kappa shape index (κ3) is 3.11.